The van der Waals surface area contributed by atoms with Crippen molar-refractivity contribution in [3.05, 3.63) is 23.8 Å². The van der Waals surface area contributed by atoms with E-state index in [0.717, 1.165) is 5.56 Å². The molecular weight excluding hydrogens is 207 g/mol. The summed E-state index contributed by atoms with van der Waals surface area (Å²) in [6.07, 6.45) is 2.84. The van der Waals surface area contributed by atoms with Crippen LogP contribution in [0.4, 0.5) is 11.4 Å². The molecule has 1 aromatic carbocycles. The fourth-order valence-electron chi connectivity index (χ4n) is 0.890. The minimum absolute atomic E-state index is 0. The quantitative estimate of drug-likeness (QED) is 0.423. The van der Waals surface area contributed by atoms with Crippen LogP contribution in [0.25, 0.3) is 0 Å². The van der Waals surface area contributed by atoms with E-state index in [2.05, 4.69) is 9.98 Å². The Kier molecular flexibility index (Phi) is 6.79. The number of carbonyl (C=O) groups excluding carboxylic acids is 2. The molecule has 0 aliphatic rings. The van der Waals surface area contributed by atoms with Gasteiger partial charge in [-0.15, -0.1) is 0 Å². The summed E-state index contributed by atoms with van der Waals surface area (Å²) in [5.41, 5.74) is 1.72. The van der Waals surface area contributed by atoms with Crippen LogP contribution in [0.2, 0.25) is 0 Å². The average Bonchev–Trinajstić information content (AvgIpc) is 2.12. The molecule has 0 aliphatic carbocycles. The Morgan fingerprint density at radius 1 is 1.14 bits per heavy atom. The van der Waals surface area contributed by atoms with Gasteiger partial charge in [-0.2, -0.15) is 9.98 Å². The van der Waals surface area contributed by atoms with Gasteiger partial charge in [0.2, 0.25) is 12.2 Å². The van der Waals surface area contributed by atoms with Gasteiger partial charge in [0.1, 0.15) is 0 Å². The second-order valence-electron chi connectivity index (χ2n) is 2.38. The van der Waals surface area contributed by atoms with E-state index < -0.39 is 0 Å². The van der Waals surface area contributed by atoms with Crippen LogP contribution in [-0.4, -0.2) is 63.5 Å². The van der Waals surface area contributed by atoms with Crippen molar-refractivity contribution in [3.63, 3.8) is 0 Å². The summed E-state index contributed by atoms with van der Waals surface area (Å²) < 4.78 is 0. The van der Waals surface area contributed by atoms with Gasteiger partial charge in [0.25, 0.3) is 0 Å². The summed E-state index contributed by atoms with van der Waals surface area (Å²) in [4.78, 5) is 26.8. The van der Waals surface area contributed by atoms with E-state index in [1.54, 1.807) is 19.1 Å². The Hall–Kier alpha value is -0.384. The SMILES string of the molecule is Cc1ccc(N=C=O)cc1N=C=O.[KH]. The van der Waals surface area contributed by atoms with Crippen molar-refractivity contribution in [2.75, 3.05) is 0 Å². The molecule has 0 heterocycles. The third-order valence-electron chi connectivity index (χ3n) is 1.53. The summed E-state index contributed by atoms with van der Waals surface area (Å²) in [6.45, 7) is 1.80. The van der Waals surface area contributed by atoms with Crippen molar-refractivity contribution in [3.8, 4) is 0 Å². The Morgan fingerprint density at radius 3 is 2.36 bits per heavy atom. The van der Waals surface area contributed by atoms with Gasteiger partial charge in [-0.05, 0) is 24.6 Å². The van der Waals surface area contributed by atoms with Crippen LogP contribution in [0, 0.1) is 6.92 Å². The first kappa shape index (κ1) is 13.6. The van der Waals surface area contributed by atoms with Gasteiger partial charge in [0, 0.05) is 0 Å². The Morgan fingerprint density at radius 2 is 1.79 bits per heavy atom. The molecule has 0 aliphatic heterocycles. The van der Waals surface area contributed by atoms with Crippen LogP contribution >= 0.6 is 0 Å². The molecule has 0 aromatic heterocycles. The second-order valence-corrected chi connectivity index (χ2v) is 2.38. The molecule has 1 aromatic rings. The van der Waals surface area contributed by atoms with E-state index in [1.165, 1.54) is 18.2 Å². The molecular formula is C9H7KN2O2. The standard InChI is InChI=1S/C9H6N2O2.K.H/c1-7-2-3-8(10-5-12)4-9(7)11-6-13;;/h2-4H,1H3;;. The summed E-state index contributed by atoms with van der Waals surface area (Å²) >= 11 is 0. The zero-order chi connectivity index (χ0) is 9.68. The van der Waals surface area contributed by atoms with Crippen molar-refractivity contribution in [2.45, 2.75) is 6.92 Å². The van der Waals surface area contributed by atoms with Gasteiger partial charge in [0.15, 0.2) is 0 Å². The number of hydrogen-bond donors (Lipinski definition) is 0. The predicted octanol–water partition coefficient (Wildman–Crippen LogP) is 1.28. The second kappa shape index (κ2) is 6.98. The summed E-state index contributed by atoms with van der Waals surface area (Å²) in [6, 6.07) is 4.88. The summed E-state index contributed by atoms with van der Waals surface area (Å²) in [7, 11) is 0. The van der Waals surface area contributed by atoms with Crippen LogP contribution in [-0.2, 0) is 9.59 Å². The first-order chi connectivity index (χ1) is 6.27. The van der Waals surface area contributed by atoms with Crippen LogP contribution < -0.4 is 0 Å². The maximum absolute atomic E-state index is 10.00. The molecule has 0 fully saturated rings. The van der Waals surface area contributed by atoms with Crippen LogP contribution in [0.5, 0.6) is 0 Å². The van der Waals surface area contributed by atoms with Crippen molar-refractivity contribution in [2.24, 2.45) is 9.98 Å². The fourth-order valence-corrected chi connectivity index (χ4v) is 0.890. The van der Waals surface area contributed by atoms with Crippen LogP contribution in [0.3, 0.4) is 0 Å². The monoisotopic (exact) mass is 214 g/mol. The number of aryl methyl sites for hydroxylation is 1. The maximum atomic E-state index is 10.00. The summed E-state index contributed by atoms with van der Waals surface area (Å²) in [5, 5.41) is 0. The molecule has 1 rings (SSSR count). The number of hydrogen-bond acceptors (Lipinski definition) is 4. The molecule has 0 atom stereocenters. The number of isocyanates is 2. The van der Waals surface area contributed by atoms with Crippen molar-refractivity contribution < 1.29 is 9.59 Å². The molecule has 0 N–H and O–H groups in total. The predicted molar refractivity (Wildman–Crippen MR) is 53.9 cm³/mol. The molecule has 0 saturated heterocycles. The van der Waals surface area contributed by atoms with Gasteiger partial charge in [-0.3, -0.25) is 0 Å². The molecule has 0 spiro atoms. The molecule has 0 saturated carbocycles. The topological polar surface area (TPSA) is 58.9 Å². The molecule has 0 amide bonds. The van der Waals surface area contributed by atoms with E-state index >= 15 is 0 Å². The zero-order valence-electron chi connectivity index (χ0n) is 6.94. The van der Waals surface area contributed by atoms with Crippen molar-refractivity contribution in [1.29, 1.82) is 0 Å². The molecule has 66 valence electrons. The van der Waals surface area contributed by atoms with E-state index in [9.17, 15) is 9.59 Å². The minimum atomic E-state index is 0. The Labute approximate surface area is 124 Å². The van der Waals surface area contributed by atoms with Gasteiger partial charge in [-0.25, -0.2) is 9.59 Å². The molecule has 0 radical (unpaired) electrons. The number of nitrogens with zero attached hydrogens (tertiary/aromatic N) is 2. The van der Waals surface area contributed by atoms with Crippen molar-refractivity contribution in [1.82, 2.24) is 0 Å². The Bertz CT molecular complexity index is 419. The average molecular weight is 214 g/mol. The normalized spacial score (nSPS) is 7.79. The number of rotatable bonds is 2. The first-order valence-corrected chi connectivity index (χ1v) is 3.54. The molecule has 0 bridgehead atoms. The van der Waals surface area contributed by atoms with E-state index in [0.29, 0.717) is 11.4 Å². The number of aliphatic imine (C=N–C) groups is 2. The van der Waals surface area contributed by atoms with E-state index in [1.807, 2.05) is 0 Å². The molecule has 4 nitrogen and oxygen atoms in total. The third-order valence-corrected chi connectivity index (χ3v) is 1.53. The van der Waals surface area contributed by atoms with Crippen molar-refractivity contribution >= 4 is 74.9 Å². The van der Waals surface area contributed by atoms with E-state index in [4.69, 9.17) is 0 Å². The van der Waals surface area contributed by atoms with Gasteiger partial charge >= 0.3 is 51.4 Å². The zero-order valence-corrected chi connectivity index (χ0v) is 6.94. The first-order valence-electron chi connectivity index (χ1n) is 3.54. The fraction of sp³-hybridized carbons (Fsp3) is 0.111. The van der Waals surface area contributed by atoms with Gasteiger partial charge in [0.05, 0.1) is 11.4 Å². The van der Waals surface area contributed by atoms with Crippen LogP contribution in [0.15, 0.2) is 28.2 Å². The molecule has 0 unspecified atom stereocenters. The molecule has 14 heavy (non-hydrogen) atoms. The summed E-state index contributed by atoms with van der Waals surface area (Å²) in [5.74, 6) is 0. The Balaban J connectivity index is 0.00000169. The number of benzene rings is 1. The van der Waals surface area contributed by atoms with Gasteiger partial charge in [-0.1, -0.05) is 6.07 Å². The van der Waals surface area contributed by atoms with E-state index in [-0.39, 0.29) is 51.4 Å². The van der Waals surface area contributed by atoms with Crippen LogP contribution in [0.1, 0.15) is 5.56 Å². The van der Waals surface area contributed by atoms with Gasteiger partial charge < -0.3 is 0 Å². The third kappa shape index (κ3) is 3.78. The molecule has 5 heteroatoms.